The summed E-state index contributed by atoms with van der Waals surface area (Å²) in [5.74, 6) is 1.40. The molecular formula is C18H19NO3. The lowest BCUT2D eigenvalue weighted by atomic mass is 9.96. The Morgan fingerprint density at radius 3 is 2.50 bits per heavy atom. The number of ether oxygens (including phenoxy) is 2. The molecular weight excluding hydrogens is 278 g/mol. The molecule has 0 N–H and O–H groups in total. The summed E-state index contributed by atoms with van der Waals surface area (Å²) in [5, 5.41) is 0. The lowest BCUT2D eigenvalue weighted by Crippen LogP contribution is -2.34. The average molecular weight is 297 g/mol. The van der Waals surface area contributed by atoms with E-state index in [1.54, 1.807) is 20.3 Å². The molecule has 2 aromatic rings. The topological polar surface area (TPSA) is 38.8 Å². The van der Waals surface area contributed by atoms with E-state index in [0.29, 0.717) is 30.2 Å². The molecule has 4 heteroatoms. The van der Waals surface area contributed by atoms with Crippen LogP contribution in [0.15, 0.2) is 42.5 Å². The zero-order chi connectivity index (χ0) is 15.5. The Morgan fingerprint density at radius 2 is 1.82 bits per heavy atom. The second-order valence-electron chi connectivity index (χ2n) is 5.42. The minimum Gasteiger partial charge on any atom is -0.497 e. The molecule has 1 aliphatic heterocycles. The van der Waals surface area contributed by atoms with E-state index in [0.717, 1.165) is 12.1 Å². The van der Waals surface area contributed by atoms with Gasteiger partial charge in [-0.25, -0.2) is 0 Å². The van der Waals surface area contributed by atoms with Crippen LogP contribution in [0.2, 0.25) is 0 Å². The van der Waals surface area contributed by atoms with Crippen molar-refractivity contribution >= 4 is 5.78 Å². The molecule has 0 aromatic heterocycles. The fourth-order valence-electron chi connectivity index (χ4n) is 2.90. The molecule has 1 heterocycles. The molecule has 22 heavy (non-hydrogen) atoms. The number of ketones is 1. The quantitative estimate of drug-likeness (QED) is 0.870. The smallest absolute Gasteiger partial charge is 0.180 e. The van der Waals surface area contributed by atoms with Crippen LogP contribution >= 0.6 is 0 Å². The van der Waals surface area contributed by atoms with Crippen LogP contribution in [0.4, 0.5) is 0 Å². The number of hydrogen-bond acceptors (Lipinski definition) is 4. The minimum atomic E-state index is 0.0942. The molecule has 0 radical (unpaired) electrons. The van der Waals surface area contributed by atoms with Gasteiger partial charge < -0.3 is 9.47 Å². The molecule has 0 amide bonds. The second kappa shape index (κ2) is 6.20. The number of hydrogen-bond donors (Lipinski definition) is 0. The number of Topliss-reactive ketones (excluding diaryl/α,β-unsaturated/α-hetero) is 1. The van der Waals surface area contributed by atoms with Crippen molar-refractivity contribution in [1.82, 2.24) is 4.90 Å². The highest BCUT2D eigenvalue weighted by molar-refractivity contribution is 6.02. The highest BCUT2D eigenvalue weighted by Crippen LogP contribution is 2.33. The number of methoxy groups -OCH3 is 2. The third-order valence-corrected chi connectivity index (χ3v) is 3.90. The lowest BCUT2D eigenvalue weighted by Gasteiger charge is -2.29. The molecule has 1 aliphatic rings. The first-order chi connectivity index (χ1) is 10.7. The fourth-order valence-corrected chi connectivity index (χ4v) is 2.90. The molecule has 114 valence electrons. The van der Waals surface area contributed by atoms with E-state index >= 15 is 0 Å². The van der Waals surface area contributed by atoms with Crippen molar-refractivity contribution in [3.8, 4) is 11.5 Å². The first-order valence-corrected chi connectivity index (χ1v) is 7.25. The Morgan fingerprint density at radius 1 is 1.05 bits per heavy atom. The Labute approximate surface area is 130 Å². The molecule has 0 saturated carbocycles. The summed E-state index contributed by atoms with van der Waals surface area (Å²) in [7, 11) is 3.20. The molecule has 0 spiro atoms. The van der Waals surface area contributed by atoms with Gasteiger partial charge in [0.05, 0.1) is 26.3 Å². The molecule has 0 atom stereocenters. The standard InChI is InChI=1S/C18H19NO3/c1-21-15-8-14-11-19(10-13-6-4-3-5-7-13)12-16(20)18(14)17(9-15)22-2/h3-9H,10-12H2,1-2H3. The number of carbonyl (C=O) groups excluding carboxylic acids is 1. The number of carbonyl (C=O) groups is 1. The van der Waals surface area contributed by atoms with E-state index < -0.39 is 0 Å². The van der Waals surface area contributed by atoms with Crippen LogP contribution in [-0.2, 0) is 13.1 Å². The van der Waals surface area contributed by atoms with Gasteiger partial charge in [-0.15, -0.1) is 0 Å². The first kappa shape index (κ1) is 14.6. The Balaban J connectivity index is 1.90. The predicted octanol–water partition coefficient (Wildman–Crippen LogP) is 2.90. The van der Waals surface area contributed by atoms with Gasteiger partial charge in [-0.3, -0.25) is 9.69 Å². The van der Waals surface area contributed by atoms with E-state index in [1.807, 2.05) is 24.3 Å². The van der Waals surface area contributed by atoms with Crippen molar-refractivity contribution in [2.24, 2.45) is 0 Å². The highest BCUT2D eigenvalue weighted by Gasteiger charge is 2.27. The van der Waals surface area contributed by atoms with Crippen LogP contribution in [0.1, 0.15) is 21.5 Å². The van der Waals surface area contributed by atoms with Gasteiger partial charge in [0, 0.05) is 19.2 Å². The van der Waals surface area contributed by atoms with Gasteiger partial charge in [-0.2, -0.15) is 0 Å². The lowest BCUT2D eigenvalue weighted by molar-refractivity contribution is 0.0890. The molecule has 0 unspecified atom stereocenters. The Bertz CT molecular complexity index is 682. The van der Waals surface area contributed by atoms with E-state index in [-0.39, 0.29) is 5.78 Å². The summed E-state index contributed by atoms with van der Waals surface area (Å²) in [6.07, 6.45) is 0. The third-order valence-electron chi connectivity index (χ3n) is 3.90. The average Bonchev–Trinajstić information content (AvgIpc) is 2.54. The van der Waals surface area contributed by atoms with E-state index in [2.05, 4.69) is 17.0 Å². The van der Waals surface area contributed by atoms with Gasteiger partial charge in [0.1, 0.15) is 11.5 Å². The number of nitrogens with zero attached hydrogens (tertiary/aromatic N) is 1. The van der Waals surface area contributed by atoms with Gasteiger partial charge in [0.15, 0.2) is 5.78 Å². The SMILES string of the molecule is COc1cc2c(c(OC)c1)C(=O)CN(Cc1ccccc1)C2. The predicted molar refractivity (Wildman–Crippen MR) is 84.4 cm³/mol. The van der Waals surface area contributed by atoms with Gasteiger partial charge in [0.25, 0.3) is 0 Å². The summed E-state index contributed by atoms with van der Waals surface area (Å²) >= 11 is 0. The van der Waals surface area contributed by atoms with E-state index in [1.165, 1.54) is 5.56 Å². The highest BCUT2D eigenvalue weighted by atomic mass is 16.5. The molecule has 0 fully saturated rings. The van der Waals surface area contributed by atoms with Crippen LogP contribution in [0.3, 0.4) is 0 Å². The van der Waals surface area contributed by atoms with Crippen molar-refractivity contribution in [2.75, 3.05) is 20.8 Å². The molecule has 2 aromatic carbocycles. The van der Waals surface area contributed by atoms with Gasteiger partial charge >= 0.3 is 0 Å². The van der Waals surface area contributed by atoms with E-state index in [9.17, 15) is 4.79 Å². The van der Waals surface area contributed by atoms with Crippen molar-refractivity contribution in [1.29, 1.82) is 0 Å². The summed E-state index contributed by atoms with van der Waals surface area (Å²) < 4.78 is 10.7. The Kier molecular flexibility index (Phi) is 4.11. The van der Waals surface area contributed by atoms with Crippen LogP contribution < -0.4 is 9.47 Å². The molecule has 0 bridgehead atoms. The van der Waals surface area contributed by atoms with Crippen LogP contribution in [-0.4, -0.2) is 31.4 Å². The van der Waals surface area contributed by atoms with Gasteiger partial charge in [-0.1, -0.05) is 30.3 Å². The fraction of sp³-hybridized carbons (Fsp3) is 0.278. The molecule has 0 saturated heterocycles. The number of benzene rings is 2. The van der Waals surface area contributed by atoms with Crippen molar-refractivity contribution in [2.45, 2.75) is 13.1 Å². The van der Waals surface area contributed by atoms with Crippen molar-refractivity contribution in [3.63, 3.8) is 0 Å². The maximum atomic E-state index is 12.5. The maximum Gasteiger partial charge on any atom is 0.180 e. The second-order valence-corrected chi connectivity index (χ2v) is 5.42. The minimum absolute atomic E-state index is 0.0942. The number of rotatable bonds is 4. The molecule has 3 rings (SSSR count). The largest absolute Gasteiger partial charge is 0.497 e. The third kappa shape index (κ3) is 2.83. The maximum absolute atomic E-state index is 12.5. The monoisotopic (exact) mass is 297 g/mol. The van der Waals surface area contributed by atoms with E-state index in [4.69, 9.17) is 9.47 Å². The van der Waals surface area contributed by atoms with Crippen LogP contribution in [0.25, 0.3) is 0 Å². The zero-order valence-corrected chi connectivity index (χ0v) is 12.8. The van der Waals surface area contributed by atoms with Crippen LogP contribution in [0, 0.1) is 0 Å². The van der Waals surface area contributed by atoms with Crippen LogP contribution in [0.5, 0.6) is 11.5 Å². The zero-order valence-electron chi connectivity index (χ0n) is 12.8. The van der Waals surface area contributed by atoms with Gasteiger partial charge in [0.2, 0.25) is 0 Å². The number of fused-ring (bicyclic) bond motifs is 1. The van der Waals surface area contributed by atoms with Crippen molar-refractivity contribution in [3.05, 3.63) is 59.2 Å². The van der Waals surface area contributed by atoms with Crippen molar-refractivity contribution < 1.29 is 14.3 Å². The summed E-state index contributed by atoms with van der Waals surface area (Å²) in [5.41, 5.74) is 2.85. The molecule has 4 nitrogen and oxygen atoms in total. The first-order valence-electron chi connectivity index (χ1n) is 7.25. The summed E-state index contributed by atoms with van der Waals surface area (Å²) in [6, 6.07) is 13.9. The molecule has 0 aliphatic carbocycles. The Hall–Kier alpha value is -2.33. The summed E-state index contributed by atoms with van der Waals surface area (Å²) in [6.45, 7) is 1.87. The summed E-state index contributed by atoms with van der Waals surface area (Å²) in [4.78, 5) is 14.6. The normalized spacial score (nSPS) is 14.5. The van der Waals surface area contributed by atoms with Gasteiger partial charge in [-0.05, 0) is 17.2 Å².